The lowest BCUT2D eigenvalue weighted by Crippen LogP contribution is -2.52. The third kappa shape index (κ3) is 17.9. The van der Waals surface area contributed by atoms with Crippen molar-refractivity contribution in [3.63, 3.8) is 0 Å². The van der Waals surface area contributed by atoms with Crippen LogP contribution in [0.2, 0.25) is 10.0 Å². The normalized spacial score (nSPS) is 13.9. The summed E-state index contributed by atoms with van der Waals surface area (Å²) in [7, 11) is 0. The quantitative estimate of drug-likeness (QED) is 0.0541. The third-order valence-electron chi connectivity index (χ3n) is 13.3. The Morgan fingerprint density at radius 3 is 1.42 bits per heavy atom. The number of ether oxygens (including phenoxy) is 1. The topological polar surface area (TPSA) is 267 Å². The monoisotopic (exact) mass is 1200 g/mol. The number of aldehydes is 1. The van der Waals surface area contributed by atoms with Gasteiger partial charge in [-0.25, -0.2) is 13.6 Å². The van der Waals surface area contributed by atoms with Crippen LogP contribution in [0, 0.1) is 11.6 Å². The summed E-state index contributed by atoms with van der Waals surface area (Å²) in [6, 6.07) is 22.6. The summed E-state index contributed by atoms with van der Waals surface area (Å²) in [4.78, 5) is 103. The fraction of sp³-hybridized carbons (Fsp3) is 0.393. The smallest absolute Gasteiger partial charge is 0.444 e. The Morgan fingerprint density at radius 2 is 1.04 bits per heavy atom. The highest BCUT2D eigenvalue weighted by Gasteiger charge is 2.34. The number of benzene rings is 4. The van der Waals surface area contributed by atoms with Crippen molar-refractivity contribution in [1.82, 2.24) is 44.9 Å². The van der Waals surface area contributed by atoms with Crippen LogP contribution >= 0.6 is 23.2 Å². The maximum Gasteiger partial charge on any atom is 0.446 e. The molecule has 8 rings (SSSR count). The number of primary amides is 2. The van der Waals surface area contributed by atoms with E-state index >= 15 is 0 Å². The van der Waals surface area contributed by atoms with Crippen molar-refractivity contribution in [3.05, 3.63) is 129 Å². The molecule has 2 fully saturated rings. The molecule has 6 N–H and O–H groups in total. The first-order valence-electron chi connectivity index (χ1n) is 26.2. The van der Waals surface area contributed by atoms with E-state index in [9.17, 15) is 55.5 Å². The van der Waals surface area contributed by atoms with E-state index in [4.69, 9.17) is 44.2 Å². The predicted molar refractivity (Wildman–Crippen MR) is 296 cm³/mol. The van der Waals surface area contributed by atoms with Crippen LogP contribution in [0.15, 0.2) is 84.9 Å². The summed E-state index contributed by atoms with van der Waals surface area (Å²) in [5.74, 6) is -4.21. The largest absolute Gasteiger partial charge is 0.446 e. The minimum atomic E-state index is -4.64. The number of nitrogens with zero attached hydrogens (tertiary/aromatic N) is 7. The molecule has 0 atom stereocenters. The molecule has 3 heterocycles. The van der Waals surface area contributed by atoms with E-state index in [2.05, 4.69) is 20.8 Å². The molecule has 2 aromatic heterocycles. The highest BCUT2D eigenvalue weighted by molar-refractivity contribution is 6.31. The number of amides is 7. The molecule has 7 amide bonds. The van der Waals surface area contributed by atoms with Gasteiger partial charge in [-0.2, -0.15) is 23.4 Å². The highest BCUT2D eigenvalue weighted by atomic mass is 35.5. The Balaban J connectivity index is 0.000000246. The van der Waals surface area contributed by atoms with E-state index in [0.717, 1.165) is 32.1 Å². The molecule has 0 radical (unpaired) electrons. The van der Waals surface area contributed by atoms with Crippen molar-refractivity contribution in [3.8, 4) is 0 Å². The summed E-state index contributed by atoms with van der Waals surface area (Å²) < 4.78 is 68.1. The number of hydrogen-bond acceptors (Lipinski definition) is 11. The Kier molecular flexibility index (Phi) is 22.1. The lowest BCUT2D eigenvalue weighted by molar-refractivity contribution is -0.156. The average Bonchev–Trinajstić information content (AvgIpc) is 4.24. The van der Waals surface area contributed by atoms with Crippen LogP contribution in [-0.4, -0.2) is 132 Å². The van der Waals surface area contributed by atoms with Gasteiger partial charge in [0.1, 0.15) is 30.3 Å². The van der Waals surface area contributed by atoms with Gasteiger partial charge in [-0.15, -0.1) is 0 Å². The van der Waals surface area contributed by atoms with Gasteiger partial charge < -0.3 is 41.5 Å². The number of nitrogens with one attached hydrogen (secondary N) is 2. The Hall–Kier alpha value is -8.19. The number of carbonyl (C=O) groups excluding carboxylic acids is 8. The molecular weight excluding hydrogens is 1140 g/mol. The van der Waals surface area contributed by atoms with Gasteiger partial charge in [0.2, 0.25) is 29.9 Å². The number of likely N-dealkylation sites (tertiary alicyclic amines) is 1. The van der Waals surface area contributed by atoms with Crippen molar-refractivity contribution < 1.29 is 65.0 Å². The van der Waals surface area contributed by atoms with Gasteiger partial charge in [0.05, 0.1) is 34.2 Å². The number of halogens is 7. The van der Waals surface area contributed by atoms with Crippen molar-refractivity contribution >= 4 is 92.8 Å². The molecule has 4 aromatic carbocycles. The van der Waals surface area contributed by atoms with Crippen molar-refractivity contribution in [2.24, 2.45) is 11.5 Å². The standard InChI is InChI=1S/C29H34ClFN6O5.C25H27ClFN5O3.C2HF3O/c1-29(2,3)42-28(41)35-13-11-19(12-14-35)36(16-23(38)33-15-18-7-6-9-21(30)25(18)31)24(39)17-37-22-10-5-4-8-20(22)26(34-37)27(32)40;26-19-11-6-7-16(23(19)27)13-29-21(33)14-31(17-8-2-1-3-9-17)22(34)15-32-20-12-5-4-10-18(20)24(30-32)25(28)35;3-2(4,5)1-6/h4-10,19H,11-17H2,1-3H3,(H2,32,40)(H,33,38);4-7,10-12,17H,1-3,8-9,13-15H2,(H2,28,35)(H,29,33);1H. The first-order valence-corrected chi connectivity index (χ1v) is 27.0. The zero-order valence-electron chi connectivity index (χ0n) is 45.5. The first kappa shape index (κ1) is 64.0. The number of aromatic nitrogens is 4. The average molecular weight is 1200 g/mol. The van der Waals surface area contributed by atoms with E-state index in [1.54, 1.807) is 97.3 Å². The molecule has 0 spiro atoms. The lowest BCUT2D eigenvalue weighted by Gasteiger charge is -2.38. The number of nitrogens with two attached hydrogens (primary N) is 2. The van der Waals surface area contributed by atoms with Crippen LogP contribution in [-0.2, 0) is 54.9 Å². The molecule has 27 heteroatoms. The van der Waals surface area contributed by atoms with Crippen molar-refractivity contribution in [2.75, 3.05) is 26.2 Å². The summed E-state index contributed by atoms with van der Waals surface area (Å²) in [5.41, 5.74) is 12.1. The number of alkyl halides is 3. The van der Waals surface area contributed by atoms with Gasteiger partial charge in [0, 0.05) is 60.2 Å². The SMILES string of the molecule is CC(C)(C)OC(=O)N1CCC(N(CC(=O)NCc2cccc(Cl)c2F)C(=O)Cn2nc(C(N)=O)c3ccccc32)CC1.NC(=O)c1nn(CC(=O)N(CC(=O)NCc2cccc(Cl)c2F)C2CCCCC2)c2ccccc12.O=CC(F)(F)F. The van der Waals surface area contributed by atoms with Crippen LogP contribution in [0.4, 0.5) is 26.7 Å². The van der Waals surface area contributed by atoms with Gasteiger partial charge in [0.15, 0.2) is 11.4 Å². The zero-order valence-corrected chi connectivity index (χ0v) is 47.0. The second-order valence-corrected chi connectivity index (χ2v) is 21.3. The number of fused-ring (bicyclic) bond motifs is 2. The van der Waals surface area contributed by atoms with Gasteiger partial charge in [-0.3, -0.25) is 42.9 Å². The summed E-state index contributed by atoms with van der Waals surface area (Å²) in [6.45, 7) is 5.01. The molecule has 1 saturated carbocycles. The first-order chi connectivity index (χ1) is 39.2. The van der Waals surface area contributed by atoms with Crippen molar-refractivity contribution in [2.45, 2.75) is 116 Å². The predicted octanol–water partition coefficient (Wildman–Crippen LogP) is 7.63. The van der Waals surface area contributed by atoms with Crippen LogP contribution in [0.25, 0.3) is 21.8 Å². The number of hydrogen-bond donors (Lipinski definition) is 4. The third-order valence-corrected chi connectivity index (χ3v) is 13.9. The van der Waals surface area contributed by atoms with E-state index in [1.165, 1.54) is 32.5 Å². The minimum absolute atomic E-state index is 0.0162. The number of para-hydroxylation sites is 2. The highest BCUT2D eigenvalue weighted by Crippen LogP contribution is 2.26. The van der Waals surface area contributed by atoms with Crippen LogP contribution in [0.1, 0.15) is 97.8 Å². The Morgan fingerprint density at radius 1 is 0.639 bits per heavy atom. The van der Waals surface area contributed by atoms with E-state index < -0.39 is 65.3 Å². The van der Waals surface area contributed by atoms with E-state index in [-0.39, 0.29) is 89.8 Å². The Labute approximate surface area is 483 Å². The second kappa shape index (κ2) is 28.7. The zero-order chi connectivity index (χ0) is 60.8. The molecule has 0 bridgehead atoms. The molecule has 2 aliphatic rings. The summed E-state index contributed by atoms with van der Waals surface area (Å²) in [6.07, 6.45) is -0.691. The van der Waals surface area contributed by atoms with Crippen LogP contribution in [0.3, 0.4) is 0 Å². The van der Waals surface area contributed by atoms with Gasteiger partial charge >= 0.3 is 12.3 Å². The molecule has 83 heavy (non-hydrogen) atoms. The maximum absolute atomic E-state index is 14.3. The van der Waals surface area contributed by atoms with Crippen LogP contribution in [0.5, 0.6) is 0 Å². The summed E-state index contributed by atoms with van der Waals surface area (Å²) >= 11 is 11.7. The van der Waals surface area contributed by atoms with Gasteiger partial charge in [-0.1, -0.05) is 103 Å². The van der Waals surface area contributed by atoms with Gasteiger partial charge in [0.25, 0.3) is 11.8 Å². The number of carbonyl (C=O) groups is 8. The molecule has 444 valence electrons. The number of piperidine rings is 1. The molecule has 6 aromatic rings. The van der Waals surface area contributed by atoms with E-state index in [1.807, 2.05) is 0 Å². The number of rotatable bonds is 16. The minimum Gasteiger partial charge on any atom is -0.444 e. The molecule has 1 saturated heterocycles. The molecular formula is C56H62Cl2F5N11O9. The fourth-order valence-electron chi connectivity index (χ4n) is 9.40. The summed E-state index contributed by atoms with van der Waals surface area (Å²) in [5, 5.41) is 14.9. The Bertz CT molecular complexity index is 3340. The van der Waals surface area contributed by atoms with E-state index in [0.29, 0.717) is 47.7 Å². The fourth-order valence-corrected chi connectivity index (χ4v) is 9.79. The second-order valence-electron chi connectivity index (χ2n) is 20.4. The van der Waals surface area contributed by atoms with Crippen LogP contribution < -0.4 is 22.1 Å². The van der Waals surface area contributed by atoms with Gasteiger partial charge in [-0.05, 0) is 70.7 Å². The molecule has 1 aliphatic carbocycles. The molecule has 1 aliphatic heterocycles. The van der Waals surface area contributed by atoms with Crippen molar-refractivity contribution in [1.29, 1.82) is 0 Å². The lowest BCUT2D eigenvalue weighted by atomic mass is 9.94. The maximum atomic E-state index is 14.3. The molecule has 20 nitrogen and oxygen atoms in total. The molecule has 0 unspecified atom stereocenters.